The molecule has 0 radical (unpaired) electrons. The first-order valence-electron chi connectivity index (χ1n) is 10.2. The van der Waals surface area contributed by atoms with Gasteiger partial charge in [0.25, 0.3) is 0 Å². The van der Waals surface area contributed by atoms with Crippen LogP contribution < -0.4 is 9.47 Å². The molecule has 158 valence electrons. The fourth-order valence-electron chi connectivity index (χ4n) is 3.66. The number of halogens is 1. The Bertz CT molecular complexity index is 1090. The Morgan fingerprint density at radius 1 is 1.06 bits per heavy atom. The van der Waals surface area contributed by atoms with E-state index >= 15 is 0 Å². The lowest BCUT2D eigenvalue weighted by Gasteiger charge is -2.27. The summed E-state index contributed by atoms with van der Waals surface area (Å²) >= 11 is 3.43. The summed E-state index contributed by atoms with van der Waals surface area (Å²) in [5, 5.41) is 0. The Hall–Kier alpha value is -3.05. The number of ether oxygens (including phenoxy) is 2. The summed E-state index contributed by atoms with van der Waals surface area (Å²) in [7, 11) is 1.64. The molecule has 0 unspecified atom stereocenters. The number of rotatable bonds is 6. The van der Waals surface area contributed by atoms with Crippen LogP contribution in [-0.2, 0) is 24.4 Å². The molecule has 4 nitrogen and oxygen atoms in total. The lowest BCUT2D eigenvalue weighted by Crippen LogP contribution is -2.34. The average Bonchev–Trinajstić information content (AvgIpc) is 2.82. The zero-order chi connectivity index (χ0) is 21.6. The van der Waals surface area contributed by atoms with E-state index in [1.807, 2.05) is 59.5 Å². The zero-order valence-corrected chi connectivity index (χ0v) is 19.0. The van der Waals surface area contributed by atoms with Gasteiger partial charge >= 0.3 is 0 Å². The van der Waals surface area contributed by atoms with Gasteiger partial charge in [-0.3, -0.25) is 4.79 Å². The average molecular weight is 478 g/mol. The lowest BCUT2D eigenvalue weighted by atomic mass is 10.00. The molecule has 1 amide bonds. The Balaban J connectivity index is 1.43. The Kier molecular flexibility index (Phi) is 6.73. The molecule has 0 aromatic heterocycles. The first-order chi connectivity index (χ1) is 15.1. The van der Waals surface area contributed by atoms with E-state index in [4.69, 9.17) is 9.47 Å². The molecule has 3 aromatic carbocycles. The number of carbonyl (C=O) groups excluding carboxylic acids is 1. The molecular weight excluding hydrogens is 454 g/mol. The third-order valence-corrected chi connectivity index (χ3v) is 5.90. The molecule has 0 spiro atoms. The molecule has 5 heteroatoms. The maximum absolute atomic E-state index is 12.7. The molecule has 3 aromatic rings. The van der Waals surface area contributed by atoms with E-state index in [1.165, 1.54) is 11.1 Å². The molecule has 0 saturated carbocycles. The lowest BCUT2D eigenvalue weighted by molar-refractivity contribution is -0.126. The van der Waals surface area contributed by atoms with Crippen molar-refractivity contribution in [3.8, 4) is 11.5 Å². The van der Waals surface area contributed by atoms with Crippen LogP contribution in [0.1, 0.15) is 22.3 Å². The van der Waals surface area contributed by atoms with E-state index in [-0.39, 0.29) is 5.91 Å². The second-order valence-electron chi connectivity index (χ2n) is 7.43. The van der Waals surface area contributed by atoms with Crippen molar-refractivity contribution in [2.75, 3.05) is 13.7 Å². The summed E-state index contributed by atoms with van der Waals surface area (Å²) < 4.78 is 12.4. The number of amides is 1. The van der Waals surface area contributed by atoms with Crippen molar-refractivity contribution in [3.63, 3.8) is 0 Å². The molecular formula is C26H24BrNO3. The zero-order valence-electron chi connectivity index (χ0n) is 17.4. The number of fused-ring (bicyclic) bond motifs is 1. The van der Waals surface area contributed by atoms with Gasteiger partial charge in [-0.05, 0) is 65.6 Å². The molecule has 0 atom stereocenters. The van der Waals surface area contributed by atoms with Crippen molar-refractivity contribution in [2.24, 2.45) is 0 Å². The monoisotopic (exact) mass is 477 g/mol. The fraction of sp³-hybridized carbons (Fsp3) is 0.192. The van der Waals surface area contributed by atoms with Crippen LogP contribution in [0.4, 0.5) is 0 Å². The predicted molar refractivity (Wildman–Crippen MR) is 126 cm³/mol. The number of methoxy groups -OCH3 is 1. The highest BCUT2D eigenvalue weighted by atomic mass is 79.9. The highest BCUT2D eigenvalue weighted by Crippen LogP contribution is 2.24. The van der Waals surface area contributed by atoms with Gasteiger partial charge in [0.2, 0.25) is 5.91 Å². The second kappa shape index (κ2) is 9.84. The first-order valence-corrected chi connectivity index (χ1v) is 11.0. The predicted octanol–water partition coefficient (Wildman–Crippen LogP) is 5.63. The SMILES string of the molecule is COc1ccc(C=CC(=O)N2CCc3ccccc3C2)cc1COc1ccc(Br)cc1. The number of hydrogen-bond acceptors (Lipinski definition) is 3. The maximum Gasteiger partial charge on any atom is 0.246 e. The summed E-state index contributed by atoms with van der Waals surface area (Å²) in [5.74, 6) is 1.57. The molecule has 0 N–H and O–H groups in total. The van der Waals surface area contributed by atoms with Gasteiger partial charge in [-0.1, -0.05) is 46.3 Å². The van der Waals surface area contributed by atoms with Crippen LogP contribution in [0.5, 0.6) is 11.5 Å². The Morgan fingerprint density at radius 2 is 1.84 bits per heavy atom. The van der Waals surface area contributed by atoms with Gasteiger partial charge in [0.05, 0.1) is 7.11 Å². The minimum Gasteiger partial charge on any atom is -0.496 e. The molecule has 4 rings (SSSR count). The summed E-state index contributed by atoms with van der Waals surface area (Å²) in [5.41, 5.74) is 4.42. The maximum atomic E-state index is 12.7. The van der Waals surface area contributed by atoms with E-state index in [0.29, 0.717) is 13.2 Å². The standard InChI is InChI=1S/C26H24BrNO3/c1-30-25-12-6-19(16-22(25)18-31-24-10-8-23(27)9-11-24)7-13-26(29)28-15-14-20-4-2-3-5-21(20)17-28/h2-13,16H,14-15,17-18H2,1H3. The third-order valence-electron chi connectivity index (χ3n) is 5.37. The first kappa shape index (κ1) is 21.2. The van der Waals surface area contributed by atoms with Crippen LogP contribution >= 0.6 is 15.9 Å². The van der Waals surface area contributed by atoms with Crippen molar-refractivity contribution in [1.82, 2.24) is 4.90 Å². The van der Waals surface area contributed by atoms with Gasteiger partial charge in [0.15, 0.2) is 0 Å². The minimum atomic E-state index is 0.0259. The molecule has 0 saturated heterocycles. The highest BCUT2D eigenvalue weighted by molar-refractivity contribution is 9.10. The van der Waals surface area contributed by atoms with Crippen LogP contribution in [0, 0.1) is 0 Å². The molecule has 31 heavy (non-hydrogen) atoms. The molecule has 0 bridgehead atoms. The van der Waals surface area contributed by atoms with Crippen LogP contribution in [0.3, 0.4) is 0 Å². The Morgan fingerprint density at radius 3 is 2.61 bits per heavy atom. The summed E-state index contributed by atoms with van der Waals surface area (Å²) in [4.78, 5) is 14.6. The largest absolute Gasteiger partial charge is 0.496 e. The number of carbonyl (C=O) groups is 1. The van der Waals surface area contributed by atoms with E-state index in [0.717, 1.165) is 40.1 Å². The van der Waals surface area contributed by atoms with E-state index in [9.17, 15) is 4.79 Å². The smallest absolute Gasteiger partial charge is 0.246 e. The summed E-state index contributed by atoms with van der Waals surface area (Å²) in [6.45, 7) is 1.78. The highest BCUT2D eigenvalue weighted by Gasteiger charge is 2.18. The van der Waals surface area contributed by atoms with Crippen LogP contribution in [0.15, 0.2) is 77.3 Å². The number of hydrogen-bond donors (Lipinski definition) is 0. The number of benzene rings is 3. The van der Waals surface area contributed by atoms with Gasteiger partial charge in [-0.15, -0.1) is 0 Å². The van der Waals surface area contributed by atoms with Crippen molar-refractivity contribution >= 4 is 27.9 Å². The fourth-order valence-corrected chi connectivity index (χ4v) is 3.93. The summed E-state index contributed by atoms with van der Waals surface area (Å²) in [6.07, 6.45) is 4.40. The molecule has 1 aliphatic rings. The van der Waals surface area contributed by atoms with Gasteiger partial charge in [-0.25, -0.2) is 0 Å². The van der Waals surface area contributed by atoms with Crippen molar-refractivity contribution in [1.29, 1.82) is 0 Å². The van der Waals surface area contributed by atoms with Crippen molar-refractivity contribution in [2.45, 2.75) is 19.6 Å². The molecule has 1 heterocycles. The molecule has 1 aliphatic heterocycles. The van der Waals surface area contributed by atoms with Gasteiger partial charge < -0.3 is 14.4 Å². The molecule has 0 fully saturated rings. The van der Waals surface area contributed by atoms with Crippen LogP contribution in [0.2, 0.25) is 0 Å². The summed E-state index contributed by atoms with van der Waals surface area (Å²) in [6, 6.07) is 21.9. The molecule has 0 aliphatic carbocycles. The normalized spacial score (nSPS) is 13.2. The van der Waals surface area contributed by atoms with Crippen LogP contribution in [0.25, 0.3) is 6.08 Å². The number of nitrogens with zero attached hydrogens (tertiary/aromatic N) is 1. The van der Waals surface area contributed by atoms with E-state index < -0.39 is 0 Å². The van der Waals surface area contributed by atoms with Gasteiger partial charge in [0, 0.05) is 29.2 Å². The quantitative estimate of drug-likeness (QED) is 0.431. The van der Waals surface area contributed by atoms with Crippen molar-refractivity contribution < 1.29 is 14.3 Å². The van der Waals surface area contributed by atoms with Gasteiger partial charge in [0.1, 0.15) is 18.1 Å². The van der Waals surface area contributed by atoms with E-state index in [1.54, 1.807) is 13.2 Å². The van der Waals surface area contributed by atoms with Crippen molar-refractivity contribution in [3.05, 3.63) is 99.5 Å². The Labute approximate surface area is 191 Å². The second-order valence-corrected chi connectivity index (χ2v) is 8.34. The minimum absolute atomic E-state index is 0.0259. The van der Waals surface area contributed by atoms with Gasteiger partial charge in [-0.2, -0.15) is 0 Å². The topological polar surface area (TPSA) is 38.8 Å². The van der Waals surface area contributed by atoms with Crippen LogP contribution in [-0.4, -0.2) is 24.5 Å². The van der Waals surface area contributed by atoms with E-state index in [2.05, 4.69) is 34.1 Å². The third kappa shape index (κ3) is 5.36.